The third-order valence-corrected chi connectivity index (χ3v) is 4.75. The van der Waals surface area contributed by atoms with Crippen molar-refractivity contribution in [2.75, 3.05) is 6.54 Å². The van der Waals surface area contributed by atoms with Crippen LogP contribution in [0.3, 0.4) is 0 Å². The lowest BCUT2D eigenvalue weighted by Crippen LogP contribution is -2.35. The highest BCUT2D eigenvalue weighted by molar-refractivity contribution is 5.53. The van der Waals surface area contributed by atoms with Crippen molar-refractivity contribution in [1.82, 2.24) is 30.0 Å². The number of nitrogens with zero attached hydrogens (tertiary/aromatic N) is 4. The molecular formula is C18H20N6O. The summed E-state index contributed by atoms with van der Waals surface area (Å²) in [5, 5.41) is 7.27. The number of nitrogens with one attached hydrogen (secondary N) is 2. The molecule has 4 heterocycles. The fourth-order valence-electron chi connectivity index (χ4n) is 3.29. The van der Waals surface area contributed by atoms with Gasteiger partial charge in [-0.1, -0.05) is 0 Å². The van der Waals surface area contributed by atoms with Gasteiger partial charge in [0.25, 0.3) is 5.56 Å². The minimum atomic E-state index is -0.0609. The van der Waals surface area contributed by atoms with E-state index in [0.717, 1.165) is 47.7 Å². The van der Waals surface area contributed by atoms with E-state index in [-0.39, 0.29) is 5.56 Å². The monoisotopic (exact) mass is 336 g/mol. The lowest BCUT2D eigenvalue weighted by Gasteiger charge is -2.27. The van der Waals surface area contributed by atoms with Crippen LogP contribution in [0.5, 0.6) is 0 Å². The summed E-state index contributed by atoms with van der Waals surface area (Å²) in [4.78, 5) is 26.5. The van der Waals surface area contributed by atoms with Crippen LogP contribution in [-0.4, -0.2) is 36.6 Å². The number of H-pyrrole nitrogens is 2. The summed E-state index contributed by atoms with van der Waals surface area (Å²) in [5.74, 6) is 0.590. The first-order chi connectivity index (χ1) is 12.1. The zero-order valence-corrected chi connectivity index (χ0v) is 14.3. The van der Waals surface area contributed by atoms with Gasteiger partial charge >= 0.3 is 0 Å². The molecule has 0 amide bonds. The molecule has 3 aromatic heterocycles. The van der Waals surface area contributed by atoms with Crippen molar-refractivity contribution in [2.24, 2.45) is 0 Å². The Kier molecular flexibility index (Phi) is 3.93. The van der Waals surface area contributed by atoms with Crippen LogP contribution in [0, 0.1) is 13.8 Å². The zero-order valence-electron chi connectivity index (χ0n) is 14.3. The molecule has 0 unspecified atom stereocenters. The van der Waals surface area contributed by atoms with Crippen molar-refractivity contribution in [1.29, 1.82) is 0 Å². The highest BCUT2D eigenvalue weighted by atomic mass is 16.1. The number of hydrogen-bond acceptors (Lipinski definition) is 5. The second kappa shape index (κ2) is 6.25. The highest BCUT2D eigenvalue weighted by Gasteiger charge is 2.23. The predicted molar refractivity (Wildman–Crippen MR) is 94.0 cm³/mol. The molecule has 2 N–H and O–H groups in total. The van der Waals surface area contributed by atoms with Gasteiger partial charge in [-0.3, -0.25) is 19.8 Å². The minimum Gasteiger partial charge on any atom is -0.306 e. The van der Waals surface area contributed by atoms with Crippen molar-refractivity contribution >= 4 is 0 Å². The van der Waals surface area contributed by atoms with Crippen LogP contribution in [0.4, 0.5) is 0 Å². The van der Waals surface area contributed by atoms with Crippen molar-refractivity contribution in [3.05, 3.63) is 63.1 Å². The summed E-state index contributed by atoms with van der Waals surface area (Å²) in [6.07, 6.45) is 4.18. The van der Waals surface area contributed by atoms with Gasteiger partial charge in [-0.25, -0.2) is 4.98 Å². The SMILES string of the molecule is Cc1n[nH]c(C)c1CN1CCc2nc(-c3cccnc3)[nH]c(=O)c2C1. The van der Waals surface area contributed by atoms with E-state index in [0.29, 0.717) is 12.4 Å². The average Bonchev–Trinajstić information content (AvgIpc) is 2.95. The first-order valence-corrected chi connectivity index (χ1v) is 8.37. The van der Waals surface area contributed by atoms with E-state index >= 15 is 0 Å². The molecule has 0 atom stereocenters. The molecule has 4 rings (SSSR count). The second-order valence-corrected chi connectivity index (χ2v) is 6.45. The second-order valence-electron chi connectivity index (χ2n) is 6.45. The maximum absolute atomic E-state index is 12.6. The van der Waals surface area contributed by atoms with Crippen molar-refractivity contribution in [3.8, 4) is 11.4 Å². The topological polar surface area (TPSA) is 90.6 Å². The Morgan fingerprint density at radius 1 is 1.32 bits per heavy atom. The Hall–Kier alpha value is -2.80. The molecule has 1 aliphatic heterocycles. The van der Waals surface area contributed by atoms with Crippen LogP contribution >= 0.6 is 0 Å². The van der Waals surface area contributed by atoms with Gasteiger partial charge in [0.1, 0.15) is 5.82 Å². The molecule has 128 valence electrons. The van der Waals surface area contributed by atoms with E-state index in [4.69, 9.17) is 0 Å². The van der Waals surface area contributed by atoms with Gasteiger partial charge in [-0.05, 0) is 26.0 Å². The van der Waals surface area contributed by atoms with Gasteiger partial charge in [-0.15, -0.1) is 0 Å². The number of aryl methyl sites for hydroxylation is 2. The van der Waals surface area contributed by atoms with Crippen molar-refractivity contribution in [2.45, 2.75) is 33.4 Å². The summed E-state index contributed by atoms with van der Waals surface area (Å²) in [6, 6.07) is 3.74. The standard InChI is InChI=1S/C18H20N6O/c1-11-14(12(2)23-22-11)9-24-7-5-16-15(10-24)18(25)21-17(20-16)13-4-3-6-19-8-13/h3-4,6,8H,5,7,9-10H2,1-2H3,(H,22,23)(H,20,21,25). The third-order valence-electron chi connectivity index (χ3n) is 4.75. The summed E-state index contributed by atoms with van der Waals surface area (Å²) in [7, 11) is 0. The number of fused-ring (bicyclic) bond motifs is 1. The lowest BCUT2D eigenvalue weighted by molar-refractivity contribution is 0.241. The first kappa shape index (κ1) is 15.7. The van der Waals surface area contributed by atoms with Crippen LogP contribution in [0.2, 0.25) is 0 Å². The number of aromatic nitrogens is 5. The Balaban J connectivity index is 1.61. The lowest BCUT2D eigenvalue weighted by atomic mass is 10.1. The summed E-state index contributed by atoms with van der Waals surface area (Å²) in [6.45, 7) is 6.31. The maximum atomic E-state index is 12.6. The maximum Gasteiger partial charge on any atom is 0.255 e. The Labute approximate surface area is 145 Å². The van der Waals surface area contributed by atoms with Crippen LogP contribution in [-0.2, 0) is 19.5 Å². The summed E-state index contributed by atoms with van der Waals surface area (Å²) < 4.78 is 0. The average molecular weight is 336 g/mol. The van der Waals surface area contributed by atoms with Crippen LogP contribution in [0.15, 0.2) is 29.3 Å². The predicted octanol–water partition coefficient (Wildman–Crippen LogP) is 1.73. The fourth-order valence-corrected chi connectivity index (χ4v) is 3.29. The van der Waals surface area contributed by atoms with E-state index in [9.17, 15) is 4.79 Å². The largest absolute Gasteiger partial charge is 0.306 e. The molecule has 0 fully saturated rings. The van der Waals surface area contributed by atoms with Gasteiger partial charge in [0, 0.05) is 55.3 Å². The fraction of sp³-hybridized carbons (Fsp3) is 0.333. The Bertz CT molecular complexity index is 940. The molecule has 7 heteroatoms. The van der Waals surface area contributed by atoms with Crippen molar-refractivity contribution < 1.29 is 0 Å². The summed E-state index contributed by atoms with van der Waals surface area (Å²) in [5.41, 5.74) is 5.73. The molecule has 0 bridgehead atoms. The zero-order chi connectivity index (χ0) is 17.4. The van der Waals surface area contributed by atoms with E-state index in [1.54, 1.807) is 12.4 Å². The highest BCUT2D eigenvalue weighted by Crippen LogP contribution is 2.21. The van der Waals surface area contributed by atoms with Crippen LogP contribution < -0.4 is 5.56 Å². The number of hydrogen-bond donors (Lipinski definition) is 2. The third kappa shape index (κ3) is 2.98. The molecule has 0 saturated carbocycles. The van der Waals surface area contributed by atoms with E-state index in [2.05, 4.69) is 30.0 Å². The van der Waals surface area contributed by atoms with Gasteiger partial charge in [0.2, 0.25) is 0 Å². The van der Waals surface area contributed by atoms with Gasteiger partial charge in [0.15, 0.2) is 0 Å². The molecule has 0 radical (unpaired) electrons. The molecule has 3 aromatic rings. The normalized spacial score (nSPS) is 14.5. The summed E-state index contributed by atoms with van der Waals surface area (Å²) >= 11 is 0. The van der Waals surface area contributed by atoms with E-state index in [1.165, 1.54) is 5.56 Å². The number of rotatable bonds is 3. The molecule has 0 saturated heterocycles. The Morgan fingerprint density at radius 2 is 2.20 bits per heavy atom. The van der Waals surface area contributed by atoms with E-state index in [1.807, 2.05) is 26.0 Å². The van der Waals surface area contributed by atoms with Gasteiger partial charge < -0.3 is 4.98 Å². The minimum absolute atomic E-state index is 0.0609. The molecular weight excluding hydrogens is 316 g/mol. The van der Waals surface area contributed by atoms with E-state index < -0.39 is 0 Å². The quantitative estimate of drug-likeness (QED) is 0.760. The molecule has 0 aliphatic carbocycles. The molecule has 0 spiro atoms. The molecule has 25 heavy (non-hydrogen) atoms. The van der Waals surface area contributed by atoms with Crippen LogP contribution in [0.25, 0.3) is 11.4 Å². The Morgan fingerprint density at radius 3 is 2.92 bits per heavy atom. The number of pyridine rings is 1. The molecule has 1 aliphatic rings. The van der Waals surface area contributed by atoms with Crippen LogP contribution in [0.1, 0.15) is 28.2 Å². The number of aromatic amines is 2. The van der Waals surface area contributed by atoms with Crippen molar-refractivity contribution in [3.63, 3.8) is 0 Å². The molecule has 0 aromatic carbocycles. The molecule has 7 nitrogen and oxygen atoms in total. The van der Waals surface area contributed by atoms with Gasteiger partial charge in [-0.2, -0.15) is 5.10 Å². The smallest absolute Gasteiger partial charge is 0.255 e. The first-order valence-electron chi connectivity index (χ1n) is 8.37. The van der Waals surface area contributed by atoms with Gasteiger partial charge in [0.05, 0.1) is 17.0 Å².